The fourth-order valence-electron chi connectivity index (χ4n) is 0.601. The van der Waals surface area contributed by atoms with Crippen LogP contribution < -0.4 is 5.32 Å². The van der Waals surface area contributed by atoms with Gasteiger partial charge >= 0.3 is 5.97 Å². The third-order valence-electron chi connectivity index (χ3n) is 1.28. The number of thiocarbonyl (C=S) groups is 1. The average molecular weight is 233 g/mol. The lowest BCUT2D eigenvalue weighted by atomic mass is 10.4. The molecule has 0 aromatic heterocycles. The van der Waals surface area contributed by atoms with Crippen molar-refractivity contribution in [1.29, 1.82) is 0 Å². The molecule has 6 heteroatoms. The number of aliphatic hydroxyl groups excluding tert-OH is 1. The fourth-order valence-corrected chi connectivity index (χ4v) is 0.786. The van der Waals surface area contributed by atoms with Gasteiger partial charge in [-0.2, -0.15) is 0 Å². The Morgan fingerprint density at radius 3 is 2.60 bits per heavy atom. The quantitative estimate of drug-likeness (QED) is 0.291. The molecule has 0 aromatic rings. The van der Waals surface area contributed by atoms with E-state index in [2.05, 4.69) is 11.9 Å². The van der Waals surface area contributed by atoms with E-state index in [1.807, 2.05) is 0 Å². The minimum atomic E-state index is -0.451. The van der Waals surface area contributed by atoms with Crippen LogP contribution in [0.1, 0.15) is 6.92 Å². The van der Waals surface area contributed by atoms with E-state index in [-0.39, 0.29) is 25.0 Å². The van der Waals surface area contributed by atoms with Gasteiger partial charge in [0.15, 0.2) is 0 Å². The Morgan fingerprint density at radius 2 is 2.07 bits per heavy atom. The third kappa shape index (κ3) is 7.90. The second-order valence-corrected chi connectivity index (χ2v) is 3.07. The van der Waals surface area contributed by atoms with E-state index in [9.17, 15) is 4.79 Å². The van der Waals surface area contributed by atoms with E-state index in [0.717, 1.165) is 0 Å². The highest BCUT2D eigenvalue weighted by molar-refractivity contribution is 7.80. The number of carbonyl (C=O) groups is 1. The first kappa shape index (κ1) is 13.9. The SMILES string of the molecule is C=C(C)C(=O)OCCOC(=S)NCCO. The van der Waals surface area contributed by atoms with E-state index >= 15 is 0 Å². The van der Waals surface area contributed by atoms with Crippen LogP contribution in [-0.4, -0.2) is 42.6 Å². The molecule has 0 aromatic carbocycles. The molecule has 0 saturated heterocycles. The van der Waals surface area contributed by atoms with Crippen LogP contribution in [0.4, 0.5) is 0 Å². The van der Waals surface area contributed by atoms with Crippen LogP contribution in [0.3, 0.4) is 0 Å². The number of nitrogens with one attached hydrogen (secondary N) is 1. The van der Waals surface area contributed by atoms with Gasteiger partial charge in [0.25, 0.3) is 5.17 Å². The molecule has 15 heavy (non-hydrogen) atoms. The van der Waals surface area contributed by atoms with E-state index in [0.29, 0.717) is 12.1 Å². The van der Waals surface area contributed by atoms with Gasteiger partial charge in [0, 0.05) is 12.1 Å². The molecule has 0 aliphatic rings. The first-order valence-corrected chi connectivity index (χ1v) is 4.83. The highest BCUT2D eigenvalue weighted by Crippen LogP contribution is 1.91. The van der Waals surface area contributed by atoms with Gasteiger partial charge in [-0.15, -0.1) is 0 Å². The summed E-state index contributed by atoms with van der Waals surface area (Å²) in [7, 11) is 0. The summed E-state index contributed by atoms with van der Waals surface area (Å²) in [5.74, 6) is -0.451. The van der Waals surface area contributed by atoms with Crippen molar-refractivity contribution in [2.75, 3.05) is 26.4 Å². The summed E-state index contributed by atoms with van der Waals surface area (Å²) in [6, 6.07) is 0. The topological polar surface area (TPSA) is 67.8 Å². The zero-order valence-electron chi connectivity index (χ0n) is 8.62. The maximum absolute atomic E-state index is 10.9. The average Bonchev–Trinajstić information content (AvgIpc) is 2.20. The van der Waals surface area contributed by atoms with Gasteiger partial charge in [0.05, 0.1) is 6.61 Å². The first-order valence-electron chi connectivity index (χ1n) is 4.42. The summed E-state index contributed by atoms with van der Waals surface area (Å²) < 4.78 is 9.73. The Kier molecular flexibility index (Phi) is 7.57. The normalized spacial score (nSPS) is 9.20. The Morgan fingerprint density at radius 1 is 1.47 bits per heavy atom. The predicted octanol–water partition coefficient (Wildman–Crippen LogP) is -0.0109. The van der Waals surface area contributed by atoms with E-state index < -0.39 is 5.97 Å². The molecule has 0 unspecified atom stereocenters. The molecule has 5 nitrogen and oxygen atoms in total. The molecule has 0 aliphatic carbocycles. The number of carbonyl (C=O) groups excluding carboxylic acids is 1. The van der Waals surface area contributed by atoms with Crippen molar-refractivity contribution < 1.29 is 19.4 Å². The van der Waals surface area contributed by atoms with Gasteiger partial charge in [0.2, 0.25) is 0 Å². The molecule has 0 rings (SSSR count). The second-order valence-electron chi connectivity index (χ2n) is 2.70. The van der Waals surface area contributed by atoms with E-state index in [4.69, 9.17) is 26.8 Å². The van der Waals surface area contributed by atoms with Gasteiger partial charge in [-0.05, 0) is 19.1 Å². The summed E-state index contributed by atoms with van der Waals surface area (Å²) >= 11 is 4.75. The molecule has 2 N–H and O–H groups in total. The van der Waals surface area contributed by atoms with Crippen LogP contribution in [0, 0.1) is 0 Å². The van der Waals surface area contributed by atoms with Crippen LogP contribution >= 0.6 is 12.2 Å². The van der Waals surface area contributed by atoms with Crippen molar-refractivity contribution in [3.63, 3.8) is 0 Å². The monoisotopic (exact) mass is 233 g/mol. The highest BCUT2D eigenvalue weighted by Gasteiger charge is 2.02. The Bertz CT molecular complexity index is 242. The third-order valence-corrected chi connectivity index (χ3v) is 1.54. The minimum absolute atomic E-state index is 0.0197. The number of hydrogen-bond acceptors (Lipinski definition) is 5. The van der Waals surface area contributed by atoms with Gasteiger partial charge in [-0.3, -0.25) is 0 Å². The van der Waals surface area contributed by atoms with Gasteiger partial charge in [0.1, 0.15) is 13.2 Å². The number of esters is 1. The predicted molar refractivity (Wildman–Crippen MR) is 59.4 cm³/mol. The molecule has 0 spiro atoms. The van der Waals surface area contributed by atoms with Crippen molar-refractivity contribution in [3.8, 4) is 0 Å². The number of ether oxygens (including phenoxy) is 2. The van der Waals surface area contributed by atoms with Crippen LogP contribution in [0.2, 0.25) is 0 Å². The Labute approximate surface area is 94.1 Å². The van der Waals surface area contributed by atoms with Gasteiger partial charge < -0.3 is 19.9 Å². The molecular weight excluding hydrogens is 218 g/mol. The summed E-state index contributed by atoms with van der Waals surface area (Å²) in [6.07, 6.45) is 0. The lowest BCUT2D eigenvalue weighted by Gasteiger charge is -2.08. The lowest BCUT2D eigenvalue weighted by Crippen LogP contribution is -2.28. The van der Waals surface area contributed by atoms with Crippen LogP contribution in [0.5, 0.6) is 0 Å². The summed E-state index contributed by atoms with van der Waals surface area (Å²) in [4.78, 5) is 10.9. The molecule has 0 fully saturated rings. The van der Waals surface area contributed by atoms with Crippen molar-refractivity contribution in [2.45, 2.75) is 6.92 Å². The van der Waals surface area contributed by atoms with E-state index in [1.54, 1.807) is 6.92 Å². The molecule has 0 atom stereocenters. The van der Waals surface area contributed by atoms with Crippen molar-refractivity contribution in [2.24, 2.45) is 0 Å². The largest absolute Gasteiger partial charge is 0.467 e. The fraction of sp³-hybridized carbons (Fsp3) is 0.556. The Balaban J connectivity index is 3.42. The minimum Gasteiger partial charge on any atom is -0.467 e. The van der Waals surface area contributed by atoms with Crippen LogP contribution in [0.25, 0.3) is 0 Å². The molecule has 0 amide bonds. The molecule has 0 heterocycles. The molecule has 0 radical (unpaired) electrons. The zero-order valence-corrected chi connectivity index (χ0v) is 9.43. The molecular formula is C9H15NO4S. The summed E-state index contributed by atoms with van der Waals surface area (Å²) in [5, 5.41) is 11.3. The number of hydrogen-bond donors (Lipinski definition) is 2. The number of rotatable bonds is 6. The summed E-state index contributed by atoms with van der Waals surface area (Å²) in [5.41, 5.74) is 0.344. The van der Waals surface area contributed by atoms with Crippen molar-refractivity contribution in [1.82, 2.24) is 5.32 Å². The molecule has 0 aliphatic heterocycles. The maximum Gasteiger partial charge on any atom is 0.333 e. The summed E-state index contributed by atoms with van der Waals surface area (Å²) in [6.45, 7) is 5.61. The zero-order chi connectivity index (χ0) is 11.7. The van der Waals surface area contributed by atoms with Crippen LogP contribution in [-0.2, 0) is 14.3 Å². The van der Waals surface area contributed by atoms with E-state index in [1.165, 1.54) is 0 Å². The lowest BCUT2D eigenvalue weighted by molar-refractivity contribution is -0.139. The van der Waals surface area contributed by atoms with Gasteiger partial charge in [-0.1, -0.05) is 6.58 Å². The molecule has 0 saturated carbocycles. The van der Waals surface area contributed by atoms with Gasteiger partial charge in [-0.25, -0.2) is 4.79 Å². The van der Waals surface area contributed by atoms with Crippen molar-refractivity contribution >= 4 is 23.4 Å². The smallest absolute Gasteiger partial charge is 0.333 e. The Hall–Kier alpha value is -1.14. The molecule has 0 bridgehead atoms. The molecule has 86 valence electrons. The maximum atomic E-state index is 10.9. The number of aliphatic hydroxyl groups is 1. The van der Waals surface area contributed by atoms with Crippen LogP contribution in [0.15, 0.2) is 12.2 Å². The first-order chi connectivity index (χ1) is 7.07. The highest BCUT2D eigenvalue weighted by atomic mass is 32.1. The standard InChI is InChI=1S/C9H15NO4S/c1-7(2)8(12)13-5-6-14-9(15)10-3-4-11/h11H,1,3-6H2,2H3,(H,10,15). The second kappa shape index (κ2) is 8.19. The van der Waals surface area contributed by atoms with Crippen molar-refractivity contribution in [3.05, 3.63) is 12.2 Å².